The largest absolute Gasteiger partial charge is 0.456 e. The summed E-state index contributed by atoms with van der Waals surface area (Å²) in [5.41, 5.74) is 15.9. The molecular weight excluding hydrogens is 775 g/mol. The summed E-state index contributed by atoms with van der Waals surface area (Å²) in [4.78, 5) is 4.34. The molecule has 0 fully saturated rings. The van der Waals surface area contributed by atoms with Crippen molar-refractivity contribution in [3.05, 3.63) is 217 Å². The van der Waals surface area contributed by atoms with E-state index in [0.717, 1.165) is 33.1 Å². The van der Waals surface area contributed by atoms with Crippen molar-refractivity contribution >= 4 is 97.4 Å². The van der Waals surface area contributed by atoms with Gasteiger partial charge in [-0.25, -0.2) is 4.99 Å². The maximum absolute atomic E-state index is 8.18. The molecule has 2 aromatic heterocycles. The van der Waals surface area contributed by atoms with Gasteiger partial charge in [-0.05, 0) is 103 Å². The first-order chi connectivity index (χ1) is 30.5. The molecule has 0 aliphatic heterocycles. The number of aryl methyl sites for hydroxylation is 1. The monoisotopic (exact) mass is 813 g/mol. The van der Waals surface area contributed by atoms with Gasteiger partial charge >= 0.3 is 0 Å². The van der Waals surface area contributed by atoms with Crippen LogP contribution < -0.4 is 5.73 Å². The fourth-order valence-corrected chi connectivity index (χ4v) is 10.2. The lowest BCUT2D eigenvalue weighted by Crippen LogP contribution is -2.16. The number of hydrogen-bond donors (Lipinski definition) is 2. The van der Waals surface area contributed by atoms with Crippen LogP contribution in [0, 0.1) is 12.3 Å². The van der Waals surface area contributed by atoms with Crippen LogP contribution in [0.1, 0.15) is 16.7 Å². The Morgan fingerprint density at radius 2 is 1.16 bits per heavy atom. The van der Waals surface area contributed by atoms with Gasteiger partial charge in [0.2, 0.25) is 0 Å². The lowest BCUT2D eigenvalue weighted by molar-refractivity contribution is 0.669. The number of amidine groups is 2. The topological polar surface area (TPSA) is 75.4 Å². The second kappa shape index (κ2) is 15.3. The van der Waals surface area contributed by atoms with E-state index in [0.29, 0.717) is 5.84 Å². The molecule has 0 aliphatic rings. The number of nitrogens with zero attached hydrogens (tertiary/aromatic N) is 1. The Labute approximate surface area is 362 Å². The van der Waals surface area contributed by atoms with Crippen molar-refractivity contribution in [2.75, 3.05) is 0 Å². The van der Waals surface area contributed by atoms with Crippen LogP contribution >= 0.6 is 11.3 Å². The minimum atomic E-state index is 0.171. The number of rotatable bonds is 4. The first kappa shape index (κ1) is 37.2. The highest BCUT2D eigenvalue weighted by atomic mass is 32.1. The molecule has 3 N–H and O–H groups in total. The zero-order valence-corrected chi connectivity index (χ0v) is 34.7. The highest BCUT2D eigenvalue weighted by molar-refractivity contribution is 7.25. The molecule has 10 aromatic carbocycles. The third-order valence-corrected chi connectivity index (χ3v) is 13.1. The van der Waals surface area contributed by atoms with Gasteiger partial charge in [-0.2, -0.15) is 0 Å². The van der Waals surface area contributed by atoms with E-state index in [1.807, 2.05) is 54.6 Å². The summed E-state index contributed by atoms with van der Waals surface area (Å²) in [5.74, 6) is 0.544. The van der Waals surface area contributed by atoms with Crippen LogP contribution in [0.15, 0.2) is 210 Å². The second-order valence-corrected chi connectivity index (χ2v) is 16.7. The van der Waals surface area contributed by atoms with Crippen LogP contribution in [0.25, 0.3) is 96.7 Å². The molecule has 0 radical (unpaired) electrons. The summed E-state index contributed by atoms with van der Waals surface area (Å²) in [5, 5.41) is 20.5. The maximum Gasteiger partial charge on any atom is 0.154 e. The Kier molecular flexibility index (Phi) is 9.18. The first-order valence-corrected chi connectivity index (χ1v) is 21.6. The van der Waals surface area contributed by atoms with E-state index in [-0.39, 0.29) is 5.84 Å². The summed E-state index contributed by atoms with van der Waals surface area (Å²) in [7, 11) is 0. The van der Waals surface area contributed by atoms with Crippen LogP contribution in [0.3, 0.4) is 0 Å². The Bertz CT molecular complexity index is 3750. The predicted octanol–water partition coefficient (Wildman–Crippen LogP) is 15.5. The van der Waals surface area contributed by atoms with Gasteiger partial charge in [0.25, 0.3) is 0 Å². The molecule has 0 aliphatic carbocycles. The number of fused-ring (bicyclic) bond motifs is 11. The molecule has 2 heterocycles. The number of aliphatic imine (C=N–C) groups is 1. The van der Waals surface area contributed by atoms with Crippen molar-refractivity contribution in [1.29, 1.82) is 5.41 Å². The number of furan rings is 1. The molecule has 0 amide bonds. The number of nitrogens with one attached hydrogen (secondary N) is 1. The molecule has 0 saturated carbocycles. The molecule has 294 valence electrons. The van der Waals surface area contributed by atoms with E-state index in [1.165, 1.54) is 80.3 Å². The van der Waals surface area contributed by atoms with Gasteiger partial charge in [-0.1, -0.05) is 164 Å². The Morgan fingerprint density at radius 1 is 0.484 bits per heavy atom. The molecule has 0 unspecified atom stereocenters. The van der Waals surface area contributed by atoms with E-state index < -0.39 is 0 Å². The molecule has 0 saturated heterocycles. The minimum absolute atomic E-state index is 0.171. The highest BCUT2D eigenvalue weighted by Gasteiger charge is 2.17. The molecule has 0 atom stereocenters. The fourth-order valence-electron chi connectivity index (χ4n) is 9.02. The van der Waals surface area contributed by atoms with E-state index in [9.17, 15) is 0 Å². The molecular formula is C57H39N3OS. The summed E-state index contributed by atoms with van der Waals surface area (Å²) >= 11 is 1.74. The summed E-state index contributed by atoms with van der Waals surface area (Å²) in [6, 6.07) is 69.7. The van der Waals surface area contributed by atoms with Crippen molar-refractivity contribution in [3.63, 3.8) is 0 Å². The van der Waals surface area contributed by atoms with Crippen LogP contribution in [-0.2, 0) is 0 Å². The first-order valence-electron chi connectivity index (χ1n) is 20.7. The van der Waals surface area contributed by atoms with Gasteiger partial charge in [-0.3, -0.25) is 5.41 Å². The quantitative estimate of drug-likeness (QED) is 0.105. The Balaban J connectivity index is 0.000000155. The summed E-state index contributed by atoms with van der Waals surface area (Å²) < 4.78 is 8.77. The molecule has 5 heteroatoms. The summed E-state index contributed by atoms with van der Waals surface area (Å²) in [6.07, 6.45) is 0. The lowest BCUT2D eigenvalue weighted by atomic mass is 9.90. The fraction of sp³-hybridized carbons (Fsp3) is 0.0175. The third-order valence-electron chi connectivity index (χ3n) is 12.0. The molecule has 0 spiro atoms. The Hall–Kier alpha value is -7.86. The maximum atomic E-state index is 8.18. The average molecular weight is 814 g/mol. The van der Waals surface area contributed by atoms with E-state index in [2.05, 4.69) is 158 Å². The van der Waals surface area contributed by atoms with Crippen LogP contribution in [-0.4, -0.2) is 11.7 Å². The highest BCUT2D eigenvalue weighted by Crippen LogP contribution is 2.42. The van der Waals surface area contributed by atoms with Gasteiger partial charge in [0, 0.05) is 42.1 Å². The standard InChI is InChI=1S/C37H24O.C20H15N3S/c1-23-9-2-4-11-26(23)31-15-8-16-36-37(31)34-21-25(18-20-35(34)38-36)32-22-33-27-12-5-3-10-24(27)17-19-30(33)28-13-6-7-14-29(28)32;21-19(13-7-2-1-3-8-13)23-20(22)15-10-6-12-17-18(15)14-9-4-5-11-16(14)24-17/h2-22H,1H3;1-12H,(H3,21,22,23). The van der Waals surface area contributed by atoms with Crippen molar-refractivity contribution < 1.29 is 4.42 Å². The van der Waals surface area contributed by atoms with Crippen molar-refractivity contribution in [3.8, 4) is 22.3 Å². The van der Waals surface area contributed by atoms with E-state index in [4.69, 9.17) is 15.6 Å². The predicted molar refractivity (Wildman–Crippen MR) is 265 cm³/mol. The van der Waals surface area contributed by atoms with E-state index >= 15 is 0 Å². The van der Waals surface area contributed by atoms with Crippen LogP contribution in [0.4, 0.5) is 0 Å². The minimum Gasteiger partial charge on any atom is -0.456 e. The molecule has 62 heavy (non-hydrogen) atoms. The van der Waals surface area contributed by atoms with Crippen LogP contribution in [0.5, 0.6) is 0 Å². The third kappa shape index (κ3) is 6.38. The normalized spacial score (nSPS) is 11.9. The van der Waals surface area contributed by atoms with Gasteiger partial charge < -0.3 is 10.2 Å². The van der Waals surface area contributed by atoms with Gasteiger partial charge in [-0.15, -0.1) is 11.3 Å². The Morgan fingerprint density at radius 3 is 2.02 bits per heavy atom. The van der Waals surface area contributed by atoms with E-state index in [1.54, 1.807) is 11.3 Å². The lowest BCUT2D eigenvalue weighted by Gasteiger charge is -2.13. The number of nitrogens with two attached hydrogens (primary N) is 1. The smallest absolute Gasteiger partial charge is 0.154 e. The second-order valence-electron chi connectivity index (χ2n) is 15.6. The van der Waals surface area contributed by atoms with Gasteiger partial charge in [0.1, 0.15) is 17.0 Å². The number of benzene rings is 10. The molecule has 4 nitrogen and oxygen atoms in total. The molecule has 12 aromatic rings. The van der Waals surface area contributed by atoms with Crippen molar-refractivity contribution in [1.82, 2.24) is 0 Å². The SMILES string of the molecule is Cc1ccccc1-c1cccc2oc3ccc(-c4cc5c6ccccc6ccc5c5ccccc45)cc3c12.N=C(N=C(N)c1cccc2sc3ccccc3c12)c1ccccc1. The number of hydrogen-bond acceptors (Lipinski definition) is 3. The average Bonchev–Trinajstić information content (AvgIpc) is 3.90. The van der Waals surface area contributed by atoms with Gasteiger partial charge in [0.15, 0.2) is 5.84 Å². The zero-order valence-electron chi connectivity index (χ0n) is 33.9. The molecule has 0 bridgehead atoms. The van der Waals surface area contributed by atoms with Crippen LogP contribution in [0.2, 0.25) is 0 Å². The van der Waals surface area contributed by atoms with Crippen molar-refractivity contribution in [2.45, 2.75) is 6.92 Å². The number of thiophene rings is 1. The zero-order chi connectivity index (χ0) is 41.7. The summed E-state index contributed by atoms with van der Waals surface area (Å²) in [6.45, 7) is 2.17. The van der Waals surface area contributed by atoms with Crippen molar-refractivity contribution in [2.24, 2.45) is 10.7 Å². The van der Waals surface area contributed by atoms with Gasteiger partial charge in [0.05, 0.1) is 0 Å². The molecule has 12 rings (SSSR count).